The quantitative estimate of drug-likeness (QED) is 0.429. The Hall–Kier alpha value is 0.492. The Kier molecular flexibility index (Phi) is 8.88. The second-order valence-electron chi connectivity index (χ2n) is 1.63. The smallest absolute Gasteiger partial charge is 0.118 e. The molecule has 0 saturated heterocycles. The van der Waals surface area contributed by atoms with Crippen molar-refractivity contribution in [2.75, 3.05) is 0 Å². The van der Waals surface area contributed by atoms with Crippen molar-refractivity contribution in [2.24, 2.45) is 5.92 Å². The van der Waals surface area contributed by atoms with Gasteiger partial charge in [0.25, 0.3) is 0 Å². The summed E-state index contributed by atoms with van der Waals surface area (Å²) in [5, 5.41) is 1.22. The zero-order valence-corrected chi connectivity index (χ0v) is 5.52. The van der Waals surface area contributed by atoms with Crippen molar-refractivity contribution >= 4 is 16.3 Å². The summed E-state index contributed by atoms with van der Waals surface area (Å²) in [5.41, 5.74) is 0. The molecule has 0 aliphatic heterocycles. The van der Waals surface area contributed by atoms with E-state index in [2.05, 4.69) is 30.1 Å². The predicted octanol–water partition coefficient (Wildman–Crippen LogP) is 0.404. The SMILES string of the molecule is CC(C)[CH2][Al].O. The van der Waals surface area contributed by atoms with Crippen LogP contribution in [0.15, 0.2) is 0 Å². The maximum absolute atomic E-state index is 2.69. The molecule has 2 heteroatoms. The molecule has 0 aromatic heterocycles. The van der Waals surface area contributed by atoms with E-state index in [1.54, 1.807) is 0 Å². The van der Waals surface area contributed by atoms with E-state index >= 15 is 0 Å². The van der Waals surface area contributed by atoms with Gasteiger partial charge in [0.2, 0.25) is 0 Å². The molecule has 0 fully saturated rings. The molecule has 36 valence electrons. The second kappa shape index (κ2) is 5.49. The molecular formula is C4H11AlO. The Balaban J connectivity index is 0. The third-order valence-corrected chi connectivity index (χ3v) is 1.41. The van der Waals surface area contributed by atoms with E-state index < -0.39 is 0 Å². The Morgan fingerprint density at radius 3 is 1.67 bits per heavy atom. The molecule has 0 bridgehead atoms. The van der Waals surface area contributed by atoms with Crippen molar-refractivity contribution < 1.29 is 5.48 Å². The monoisotopic (exact) mass is 102 g/mol. The highest BCUT2D eigenvalue weighted by molar-refractivity contribution is 6.08. The second-order valence-corrected chi connectivity index (χ2v) is 2.10. The molecule has 1 nitrogen and oxygen atoms in total. The average Bonchev–Trinajstić information content (AvgIpc) is 1.38. The lowest BCUT2D eigenvalue weighted by molar-refractivity contribution is 0.735. The van der Waals surface area contributed by atoms with Crippen molar-refractivity contribution in [3.63, 3.8) is 0 Å². The van der Waals surface area contributed by atoms with Crippen LogP contribution in [0, 0.1) is 5.92 Å². The van der Waals surface area contributed by atoms with Crippen LogP contribution in [0.2, 0.25) is 5.28 Å². The summed E-state index contributed by atoms with van der Waals surface area (Å²) in [7, 11) is 0. The largest absolute Gasteiger partial charge is 0.412 e. The van der Waals surface area contributed by atoms with E-state index in [0.717, 1.165) is 5.92 Å². The van der Waals surface area contributed by atoms with Crippen LogP contribution in [0.3, 0.4) is 0 Å². The molecule has 0 atom stereocenters. The first-order valence-electron chi connectivity index (χ1n) is 1.97. The third kappa shape index (κ3) is 8.82. The van der Waals surface area contributed by atoms with Gasteiger partial charge in [-0.3, -0.25) is 0 Å². The fourth-order valence-electron chi connectivity index (χ4n) is 0. The zero-order valence-electron chi connectivity index (χ0n) is 4.36. The molecule has 0 aliphatic carbocycles. The molecule has 0 aromatic rings. The van der Waals surface area contributed by atoms with Crippen molar-refractivity contribution in [1.82, 2.24) is 0 Å². The van der Waals surface area contributed by atoms with Crippen molar-refractivity contribution in [3.05, 3.63) is 0 Å². The van der Waals surface area contributed by atoms with E-state index in [-0.39, 0.29) is 5.48 Å². The van der Waals surface area contributed by atoms with Crippen molar-refractivity contribution in [2.45, 2.75) is 19.1 Å². The standard InChI is InChI=1S/C4H9.Al.H2O/c1-4(2)3;;/h4H,1H2,2-3H3;;1H2. The van der Waals surface area contributed by atoms with E-state index in [1.807, 2.05) is 0 Å². The molecule has 6 heavy (non-hydrogen) atoms. The zero-order chi connectivity index (χ0) is 4.28. The Morgan fingerprint density at radius 1 is 1.50 bits per heavy atom. The van der Waals surface area contributed by atoms with E-state index in [4.69, 9.17) is 0 Å². The van der Waals surface area contributed by atoms with Crippen LogP contribution in [-0.4, -0.2) is 21.8 Å². The van der Waals surface area contributed by atoms with E-state index in [9.17, 15) is 0 Å². The van der Waals surface area contributed by atoms with Gasteiger partial charge in [-0.1, -0.05) is 19.8 Å². The van der Waals surface area contributed by atoms with Gasteiger partial charge in [-0.25, -0.2) is 0 Å². The van der Waals surface area contributed by atoms with Crippen LogP contribution in [-0.2, 0) is 0 Å². The molecule has 0 unspecified atom stereocenters. The molecule has 2 radical (unpaired) electrons. The summed E-state index contributed by atoms with van der Waals surface area (Å²) >= 11 is 2.69. The van der Waals surface area contributed by atoms with Gasteiger partial charge in [-0.15, -0.1) is 5.28 Å². The minimum atomic E-state index is 0. The normalized spacial score (nSPS) is 7.83. The third-order valence-electron chi connectivity index (χ3n) is 0.471. The van der Waals surface area contributed by atoms with Crippen molar-refractivity contribution in [1.29, 1.82) is 0 Å². The highest BCUT2D eigenvalue weighted by atomic mass is 27.0. The number of rotatable bonds is 1. The van der Waals surface area contributed by atoms with Gasteiger partial charge in [0.05, 0.1) is 0 Å². The molecule has 0 heterocycles. The lowest BCUT2D eigenvalue weighted by atomic mass is 10.3. The van der Waals surface area contributed by atoms with Gasteiger partial charge in [0.1, 0.15) is 16.3 Å². The van der Waals surface area contributed by atoms with Crippen LogP contribution in [0.25, 0.3) is 0 Å². The Labute approximate surface area is 47.5 Å². The van der Waals surface area contributed by atoms with Gasteiger partial charge >= 0.3 is 0 Å². The van der Waals surface area contributed by atoms with E-state index in [1.165, 1.54) is 5.28 Å². The fraction of sp³-hybridized carbons (Fsp3) is 1.00. The van der Waals surface area contributed by atoms with Gasteiger partial charge in [0, 0.05) is 0 Å². The van der Waals surface area contributed by atoms with Crippen LogP contribution in [0.1, 0.15) is 13.8 Å². The highest BCUT2D eigenvalue weighted by Gasteiger charge is 1.79. The van der Waals surface area contributed by atoms with Crippen LogP contribution in [0.4, 0.5) is 0 Å². The summed E-state index contributed by atoms with van der Waals surface area (Å²) < 4.78 is 0. The first-order valence-corrected chi connectivity index (χ1v) is 2.79. The Morgan fingerprint density at radius 2 is 1.67 bits per heavy atom. The molecule has 0 aliphatic rings. The number of hydrogen-bond donors (Lipinski definition) is 0. The first kappa shape index (κ1) is 9.70. The lowest BCUT2D eigenvalue weighted by Gasteiger charge is -1.91. The molecule has 2 N–H and O–H groups in total. The maximum Gasteiger partial charge on any atom is 0.118 e. The molecule has 0 spiro atoms. The highest BCUT2D eigenvalue weighted by Crippen LogP contribution is 1.92. The summed E-state index contributed by atoms with van der Waals surface area (Å²) in [6.07, 6.45) is 0. The molecular weight excluding hydrogens is 91.0 g/mol. The summed E-state index contributed by atoms with van der Waals surface area (Å²) in [6.45, 7) is 4.40. The first-order chi connectivity index (χ1) is 2.27. The topological polar surface area (TPSA) is 31.5 Å². The minimum absolute atomic E-state index is 0. The fourth-order valence-corrected chi connectivity index (χ4v) is 0. The van der Waals surface area contributed by atoms with Crippen LogP contribution < -0.4 is 0 Å². The molecule has 0 aromatic carbocycles. The Bertz CT molecular complexity index is 21.5. The number of hydrogen-bond acceptors (Lipinski definition) is 0. The van der Waals surface area contributed by atoms with Gasteiger partial charge < -0.3 is 5.48 Å². The van der Waals surface area contributed by atoms with Crippen molar-refractivity contribution in [3.8, 4) is 0 Å². The summed E-state index contributed by atoms with van der Waals surface area (Å²) in [4.78, 5) is 0. The van der Waals surface area contributed by atoms with E-state index in [0.29, 0.717) is 0 Å². The van der Waals surface area contributed by atoms with Crippen LogP contribution >= 0.6 is 0 Å². The van der Waals surface area contributed by atoms with Gasteiger partial charge in [-0.05, 0) is 0 Å². The summed E-state index contributed by atoms with van der Waals surface area (Å²) in [6, 6.07) is 0. The van der Waals surface area contributed by atoms with Crippen LogP contribution in [0.5, 0.6) is 0 Å². The van der Waals surface area contributed by atoms with Gasteiger partial charge in [0.15, 0.2) is 0 Å². The lowest BCUT2D eigenvalue weighted by Crippen LogP contribution is -1.80. The predicted molar refractivity (Wildman–Crippen MR) is 29.0 cm³/mol. The summed E-state index contributed by atoms with van der Waals surface area (Å²) in [5.74, 6) is 0.847. The molecule has 0 amide bonds. The minimum Gasteiger partial charge on any atom is -0.412 e. The molecule has 0 rings (SSSR count). The average molecular weight is 102 g/mol. The molecule has 0 saturated carbocycles. The maximum atomic E-state index is 2.69. The van der Waals surface area contributed by atoms with Gasteiger partial charge in [-0.2, -0.15) is 0 Å².